The number of hydrogen-bond donors (Lipinski definition) is 1. The molecule has 1 rings (SSSR count). The summed E-state index contributed by atoms with van der Waals surface area (Å²) in [5, 5.41) is 3.02. The molecule has 0 bridgehead atoms. The third-order valence-electron chi connectivity index (χ3n) is 3.64. The molecular formula is C15H22ClNO3. The minimum atomic E-state index is -0.396. The van der Waals surface area contributed by atoms with Gasteiger partial charge in [-0.15, -0.1) is 11.6 Å². The van der Waals surface area contributed by atoms with Crippen LogP contribution in [0.3, 0.4) is 0 Å². The summed E-state index contributed by atoms with van der Waals surface area (Å²) >= 11 is 6.02. The molecule has 1 N–H and O–H groups in total. The second-order valence-corrected chi connectivity index (χ2v) is 4.88. The van der Waals surface area contributed by atoms with E-state index in [1.54, 1.807) is 25.3 Å². The molecule has 0 aliphatic rings. The molecule has 0 atom stereocenters. The first-order chi connectivity index (χ1) is 9.57. The van der Waals surface area contributed by atoms with Crippen molar-refractivity contribution >= 4 is 17.5 Å². The van der Waals surface area contributed by atoms with Gasteiger partial charge in [-0.2, -0.15) is 0 Å². The maximum absolute atomic E-state index is 12.5. The predicted octanol–water partition coefficient (Wildman–Crippen LogP) is 3.23. The van der Waals surface area contributed by atoms with Crippen molar-refractivity contribution in [2.75, 3.05) is 20.1 Å². The van der Waals surface area contributed by atoms with E-state index in [4.69, 9.17) is 21.1 Å². The Kier molecular flexibility index (Phi) is 6.14. The minimum Gasteiger partial charge on any atom is -0.493 e. The molecule has 0 fully saturated rings. The van der Waals surface area contributed by atoms with Gasteiger partial charge in [0.2, 0.25) is 0 Å². The first-order valence-electron chi connectivity index (χ1n) is 6.67. The summed E-state index contributed by atoms with van der Waals surface area (Å²) in [5.41, 5.74) is 0.0513. The van der Waals surface area contributed by atoms with Crippen LogP contribution in [0.1, 0.15) is 37.0 Å². The lowest BCUT2D eigenvalue weighted by Gasteiger charge is -2.31. The van der Waals surface area contributed by atoms with Gasteiger partial charge in [0.05, 0.1) is 25.3 Å². The Labute approximate surface area is 125 Å². The van der Waals surface area contributed by atoms with Crippen LogP contribution in [-0.4, -0.2) is 31.5 Å². The van der Waals surface area contributed by atoms with Crippen LogP contribution in [0.4, 0.5) is 0 Å². The van der Waals surface area contributed by atoms with E-state index in [1.165, 1.54) is 7.11 Å². The Morgan fingerprint density at radius 1 is 1.25 bits per heavy atom. The summed E-state index contributed by atoms with van der Waals surface area (Å²) in [5.74, 6) is 1.13. The van der Waals surface area contributed by atoms with E-state index in [-0.39, 0.29) is 5.91 Å². The van der Waals surface area contributed by atoms with Gasteiger partial charge in [0.15, 0.2) is 11.5 Å². The highest BCUT2D eigenvalue weighted by atomic mass is 35.5. The van der Waals surface area contributed by atoms with Gasteiger partial charge in [0.1, 0.15) is 0 Å². The largest absolute Gasteiger partial charge is 0.493 e. The quantitative estimate of drug-likeness (QED) is 0.786. The molecule has 0 unspecified atom stereocenters. The molecule has 1 amide bonds. The molecule has 5 heteroatoms. The third kappa shape index (κ3) is 3.37. The van der Waals surface area contributed by atoms with E-state index in [9.17, 15) is 4.79 Å². The number of para-hydroxylation sites is 1. The second-order valence-electron chi connectivity index (χ2n) is 4.62. The molecule has 1 aromatic rings. The number of halogens is 1. The smallest absolute Gasteiger partial charge is 0.255 e. The zero-order valence-electron chi connectivity index (χ0n) is 12.5. The lowest BCUT2D eigenvalue weighted by molar-refractivity contribution is 0.0898. The van der Waals surface area contributed by atoms with E-state index < -0.39 is 5.54 Å². The first kappa shape index (κ1) is 16.6. The van der Waals surface area contributed by atoms with E-state index in [1.807, 2.05) is 13.8 Å². The number of hydrogen-bond acceptors (Lipinski definition) is 3. The van der Waals surface area contributed by atoms with Crippen molar-refractivity contribution in [3.05, 3.63) is 23.8 Å². The number of amides is 1. The maximum Gasteiger partial charge on any atom is 0.255 e. The van der Waals surface area contributed by atoms with Crippen molar-refractivity contribution in [1.82, 2.24) is 5.32 Å². The van der Waals surface area contributed by atoms with Crippen LogP contribution in [0.5, 0.6) is 11.5 Å². The van der Waals surface area contributed by atoms with Crippen molar-refractivity contribution in [1.29, 1.82) is 0 Å². The number of nitrogens with one attached hydrogen (secondary N) is 1. The molecule has 112 valence electrons. The molecule has 0 aliphatic carbocycles. The molecular weight excluding hydrogens is 278 g/mol. The summed E-state index contributed by atoms with van der Waals surface area (Å²) in [6, 6.07) is 5.22. The topological polar surface area (TPSA) is 47.6 Å². The molecule has 0 saturated carbocycles. The zero-order valence-corrected chi connectivity index (χ0v) is 13.2. The highest BCUT2D eigenvalue weighted by Gasteiger charge is 2.29. The SMILES string of the molecule is CCC(CC)(CCl)NC(=O)c1cccc(OC)c1OC. The average Bonchev–Trinajstić information content (AvgIpc) is 2.51. The molecule has 0 radical (unpaired) electrons. The molecule has 20 heavy (non-hydrogen) atoms. The first-order valence-corrected chi connectivity index (χ1v) is 7.20. The number of benzene rings is 1. The predicted molar refractivity (Wildman–Crippen MR) is 81.0 cm³/mol. The van der Waals surface area contributed by atoms with Gasteiger partial charge < -0.3 is 14.8 Å². The van der Waals surface area contributed by atoms with Crippen molar-refractivity contribution in [2.45, 2.75) is 32.2 Å². The number of ether oxygens (including phenoxy) is 2. The average molecular weight is 300 g/mol. The Balaban J connectivity index is 3.09. The zero-order chi connectivity index (χ0) is 15.2. The van der Waals surface area contributed by atoms with Crippen LogP contribution in [0, 0.1) is 0 Å². The van der Waals surface area contributed by atoms with Crippen LogP contribution < -0.4 is 14.8 Å². The standard InChI is InChI=1S/C15H22ClNO3/c1-5-15(6-2,10-16)17-14(18)11-8-7-9-12(19-3)13(11)20-4/h7-9H,5-6,10H2,1-4H3,(H,17,18). The van der Waals surface area contributed by atoms with Crippen molar-refractivity contribution in [3.8, 4) is 11.5 Å². The van der Waals surface area contributed by atoms with E-state index >= 15 is 0 Å². The number of rotatable bonds is 7. The maximum atomic E-state index is 12.5. The van der Waals surface area contributed by atoms with Gasteiger partial charge in [-0.1, -0.05) is 19.9 Å². The lowest BCUT2D eigenvalue weighted by atomic mass is 9.94. The fourth-order valence-corrected chi connectivity index (χ4v) is 2.47. The summed E-state index contributed by atoms with van der Waals surface area (Å²) in [6.45, 7) is 4.02. The van der Waals surface area contributed by atoms with Crippen molar-refractivity contribution in [3.63, 3.8) is 0 Å². The lowest BCUT2D eigenvalue weighted by Crippen LogP contribution is -2.49. The molecule has 0 aromatic heterocycles. The third-order valence-corrected chi connectivity index (χ3v) is 4.15. The second kappa shape index (κ2) is 7.39. The Bertz CT molecular complexity index is 450. The van der Waals surface area contributed by atoms with Crippen LogP contribution in [0.15, 0.2) is 18.2 Å². The summed E-state index contributed by atoms with van der Waals surface area (Å²) < 4.78 is 10.5. The van der Waals surface area contributed by atoms with Crippen LogP contribution >= 0.6 is 11.6 Å². The molecule has 1 aromatic carbocycles. The molecule has 0 heterocycles. The molecule has 0 aliphatic heterocycles. The van der Waals surface area contributed by atoms with Crippen LogP contribution in [0.2, 0.25) is 0 Å². The summed E-state index contributed by atoms with van der Waals surface area (Å²) in [6.07, 6.45) is 1.54. The Morgan fingerprint density at radius 2 is 1.90 bits per heavy atom. The molecule has 4 nitrogen and oxygen atoms in total. The van der Waals surface area contributed by atoms with E-state index in [0.29, 0.717) is 22.9 Å². The Morgan fingerprint density at radius 3 is 2.35 bits per heavy atom. The van der Waals surface area contributed by atoms with Crippen molar-refractivity contribution in [2.24, 2.45) is 0 Å². The molecule has 0 spiro atoms. The van der Waals surface area contributed by atoms with Gasteiger partial charge in [-0.25, -0.2) is 0 Å². The van der Waals surface area contributed by atoms with E-state index in [0.717, 1.165) is 12.8 Å². The fourth-order valence-electron chi connectivity index (χ4n) is 2.02. The summed E-state index contributed by atoms with van der Waals surface area (Å²) in [7, 11) is 3.06. The highest BCUT2D eigenvalue weighted by Crippen LogP contribution is 2.31. The van der Waals surface area contributed by atoms with Gasteiger partial charge in [0.25, 0.3) is 5.91 Å². The number of carbonyl (C=O) groups is 1. The van der Waals surface area contributed by atoms with Crippen molar-refractivity contribution < 1.29 is 14.3 Å². The Hall–Kier alpha value is -1.42. The van der Waals surface area contributed by atoms with Gasteiger partial charge >= 0.3 is 0 Å². The monoisotopic (exact) mass is 299 g/mol. The highest BCUT2D eigenvalue weighted by molar-refractivity contribution is 6.19. The fraction of sp³-hybridized carbons (Fsp3) is 0.533. The summed E-state index contributed by atoms with van der Waals surface area (Å²) in [4.78, 5) is 12.5. The van der Waals surface area contributed by atoms with Crippen LogP contribution in [-0.2, 0) is 0 Å². The normalized spacial score (nSPS) is 11.1. The minimum absolute atomic E-state index is 0.204. The van der Waals surface area contributed by atoms with Gasteiger partial charge in [-0.05, 0) is 25.0 Å². The van der Waals surface area contributed by atoms with Crippen LogP contribution in [0.25, 0.3) is 0 Å². The molecule has 0 saturated heterocycles. The number of alkyl halides is 1. The van der Waals surface area contributed by atoms with Gasteiger partial charge in [0, 0.05) is 5.88 Å². The number of methoxy groups -OCH3 is 2. The van der Waals surface area contributed by atoms with Gasteiger partial charge in [-0.3, -0.25) is 4.79 Å². The van der Waals surface area contributed by atoms with E-state index in [2.05, 4.69) is 5.32 Å². The number of carbonyl (C=O) groups excluding carboxylic acids is 1.